The monoisotopic (exact) mass is 342 g/mol. The Morgan fingerprint density at radius 1 is 1.29 bits per heavy atom. The van der Waals surface area contributed by atoms with E-state index in [9.17, 15) is 4.79 Å². The van der Waals surface area contributed by atoms with Crippen LogP contribution < -0.4 is 10.2 Å². The van der Waals surface area contributed by atoms with Gasteiger partial charge in [0.1, 0.15) is 0 Å². The van der Waals surface area contributed by atoms with Crippen LogP contribution in [0.15, 0.2) is 36.4 Å². The molecule has 3 nitrogen and oxygen atoms in total. The van der Waals surface area contributed by atoms with Gasteiger partial charge in [-0.15, -0.1) is 0 Å². The van der Waals surface area contributed by atoms with E-state index in [4.69, 9.17) is 11.6 Å². The van der Waals surface area contributed by atoms with Crippen molar-refractivity contribution in [1.29, 1.82) is 0 Å². The van der Waals surface area contributed by atoms with Gasteiger partial charge in [0, 0.05) is 24.7 Å². The van der Waals surface area contributed by atoms with E-state index in [1.165, 1.54) is 5.56 Å². The van der Waals surface area contributed by atoms with Crippen molar-refractivity contribution in [3.8, 4) is 0 Å². The largest absolute Gasteiger partial charge is 0.383 e. The molecular weight excluding hydrogens is 320 g/mol. The molecule has 1 aliphatic heterocycles. The van der Waals surface area contributed by atoms with Crippen LogP contribution in [0.4, 0.5) is 11.4 Å². The summed E-state index contributed by atoms with van der Waals surface area (Å²) < 4.78 is 0. The Bertz CT molecular complexity index is 749. The molecule has 0 aliphatic carbocycles. The maximum Gasteiger partial charge on any atom is 0.229 e. The van der Waals surface area contributed by atoms with E-state index in [2.05, 4.69) is 24.4 Å². The number of nitrogens with one attached hydrogen (secondary N) is 1. The Labute approximate surface area is 148 Å². The highest BCUT2D eigenvalue weighted by molar-refractivity contribution is 6.33. The average Bonchev–Trinajstić information content (AvgIpc) is 2.85. The number of carbonyl (C=O) groups is 1. The molecule has 1 amide bonds. The van der Waals surface area contributed by atoms with E-state index in [1.54, 1.807) is 0 Å². The van der Waals surface area contributed by atoms with Crippen LogP contribution in [0, 0.1) is 13.8 Å². The third kappa shape index (κ3) is 3.27. The lowest BCUT2D eigenvalue weighted by Gasteiger charge is -2.23. The summed E-state index contributed by atoms with van der Waals surface area (Å²) >= 11 is 6.31. The molecule has 0 aromatic heterocycles. The first-order chi connectivity index (χ1) is 11.5. The lowest BCUT2D eigenvalue weighted by Crippen LogP contribution is -2.36. The molecule has 0 saturated heterocycles. The van der Waals surface area contributed by atoms with Crippen LogP contribution >= 0.6 is 11.6 Å². The molecular formula is C20H23ClN2O. The maximum atomic E-state index is 12.7. The molecule has 3 rings (SSSR count). The summed E-state index contributed by atoms with van der Waals surface area (Å²) in [5.41, 5.74) is 5.47. The molecule has 2 aromatic rings. The third-order valence-corrected chi connectivity index (χ3v) is 4.85. The number of hydrogen-bond acceptors (Lipinski definition) is 2. The summed E-state index contributed by atoms with van der Waals surface area (Å²) in [6.07, 6.45) is 1.38. The van der Waals surface area contributed by atoms with Crippen molar-refractivity contribution in [2.75, 3.05) is 16.8 Å². The number of fused-ring (bicyclic) bond motifs is 1. The van der Waals surface area contributed by atoms with E-state index in [0.717, 1.165) is 28.9 Å². The van der Waals surface area contributed by atoms with Gasteiger partial charge in [-0.1, -0.05) is 35.9 Å². The zero-order valence-corrected chi connectivity index (χ0v) is 15.2. The van der Waals surface area contributed by atoms with Gasteiger partial charge in [-0.05, 0) is 56.0 Å². The standard InChI is InChI=1S/C20H23ClN2O/c1-13-10-14(2)20(17(21)11-13)22-9-8-19(24)23-15(3)12-16-6-4-5-7-18(16)23/h4-7,10-11,15,22H,8-9,12H2,1-3H3. The smallest absolute Gasteiger partial charge is 0.229 e. The molecule has 0 spiro atoms. The van der Waals surface area contributed by atoms with Gasteiger partial charge in [-0.2, -0.15) is 0 Å². The van der Waals surface area contributed by atoms with Gasteiger partial charge < -0.3 is 10.2 Å². The molecule has 0 radical (unpaired) electrons. The second-order valence-electron chi connectivity index (χ2n) is 6.56. The predicted octanol–water partition coefficient (Wildman–Crippen LogP) is 4.74. The number of para-hydroxylation sites is 1. The first-order valence-corrected chi connectivity index (χ1v) is 8.75. The summed E-state index contributed by atoms with van der Waals surface area (Å²) in [7, 11) is 0. The second kappa shape index (κ2) is 6.86. The van der Waals surface area contributed by atoms with Crippen molar-refractivity contribution in [2.45, 2.75) is 39.7 Å². The molecule has 0 bridgehead atoms. The molecule has 24 heavy (non-hydrogen) atoms. The third-order valence-electron chi connectivity index (χ3n) is 4.55. The highest BCUT2D eigenvalue weighted by Crippen LogP contribution is 2.32. The minimum atomic E-state index is 0.154. The Morgan fingerprint density at radius 3 is 2.79 bits per heavy atom. The molecule has 1 unspecified atom stereocenters. The fraction of sp³-hybridized carbons (Fsp3) is 0.350. The number of anilines is 2. The molecule has 1 heterocycles. The van der Waals surface area contributed by atoms with Crippen LogP contribution in [-0.4, -0.2) is 18.5 Å². The molecule has 4 heteroatoms. The lowest BCUT2D eigenvalue weighted by molar-refractivity contribution is -0.118. The molecule has 1 atom stereocenters. The van der Waals surface area contributed by atoms with E-state index >= 15 is 0 Å². The zero-order chi connectivity index (χ0) is 17.3. The van der Waals surface area contributed by atoms with Gasteiger partial charge in [0.05, 0.1) is 10.7 Å². The first-order valence-electron chi connectivity index (χ1n) is 8.38. The Balaban J connectivity index is 1.65. The molecule has 126 valence electrons. The van der Waals surface area contributed by atoms with Crippen molar-refractivity contribution in [1.82, 2.24) is 0 Å². The number of carbonyl (C=O) groups excluding carboxylic acids is 1. The highest BCUT2D eigenvalue weighted by atomic mass is 35.5. The fourth-order valence-electron chi connectivity index (χ4n) is 3.50. The van der Waals surface area contributed by atoms with E-state index in [1.807, 2.05) is 43.0 Å². The van der Waals surface area contributed by atoms with Gasteiger partial charge >= 0.3 is 0 Å². The fourth-order valence-corrected chi connectivity index (χ4v) is 3.89. The van der Waals surface area contributed by atoms with Crippen molar-refractivity contribution >= 4 is 28.9 Å². The van der Waals surface area contributed by atoms with Crippen LogP contribution in [0.2, 0.25) is 5.02 Å². The quantitative estimate of drug-likeness (QED) is 0.870. The predicted molar refractivity (Wildman–Crippen MR) is 101 cm³/mol. The zero-order valence-electron chi connectivity index (χ0n) is 14.4. The average molecular weight is 343 g/mol. The molecule has 2 aromatic carbocycles. The van der Waals surface area contributed by atoms with Crippen LogP contribution in [-0.2, 0) is 11.2 Å². The van der Waals surface area contributed by atoms with Crippen molar-refractivity contribution in [2.24, 2.45) is 0 Å². The minimum absolute atomic E-state index is 0.154. The number of rotatable bonds is 4. The molecule has 1 N–H and O–H groups in total. The highest BCUT2D eigenvalue weighted by Gasteiger charge is 2.29. The summed E-state index contributed by atoms with van der Waals surface area (Å²) in [5.74, 6) is 0.154. The maximum absolute atomic E-state index is 12.7. The van der Waals surface area contributed by atoms with Crippen molar-refractivity contribution in [3.05, 3.63) is 58.1 Å². The summed E-state index contributed by atoms with van der Waals surface area (Å²) in [5, 5.41) is 4.03. The summed E-state index contributed by atoms with van der Waals surface area (Å²) in [6, 6.07) is 12.4. The van der Waals surface area contributed by atoms with Gasteiger partial charge in [0.2, 0.25) is 5.91 Å². The van der Waals surface area contributed by atoms with Crippen LogP contribution in [0.25, 0.3) is 0 Å². The number of aryl methyl sites for hydroxylation is 2. The number of amides is 1. The molecule has 0 fully saturated rings. The first kappa shape index (κ1) is 16.8. The summed E-state index contributed by atoms with van der Waals surface area (Å²) in [6.45, 7) is 6.74. The number of nitrogens with zero attached hydrogens (tertiary/aromatic N) is 1. The van der Waals surface area contributed by atoms with Gasteiger partial charge in [-0.3, -0.25) is 4.79 Å². The van der Waals surface area contributed by atoms with Crippen LogP contribution in [0.5, 0.6) is 0 Å². The number of hydrogen-bond donors (Lipinski definition) is 1. The SMILES string of the molecule is Cc1cc(C)c(NCCC(=O)N2c3ccccc3CC2C)c(Cl)c1. The number of benzene rings is 2. The Morgan fingerprint density at radius 2 is 2.04 bits per heavy atom. The second-order valence-corrected chi connectivity index (χ2v) is 6.97. The summed E-state index contributed by atoms with van der Waals surface area (Å²) in [4.78, 5) is 14.6. The normalized spacial score (nSPS) is 16.2. The number of halogens is 1. The van der Waals surface area contributed by atoms with E-state index in [-0.39, 0.29) is 11.9 Å². The van der Waals surface area contributed by atoms with Crippen molar-refractivity contribution in [3.63, 3.8) is 0 Å². The van der Waals surface area contributed by atoms with Crippen LogP contribution in [0.1, 0.15) is 30.0 Å². The molecule has 0 saturated carbocycles. The van der Waals surface area contributed by atoms with E-state index < -0.39 is 0 Å². The lowest BCUT2D eigenvalue weighted by atomic mass is 10.1. The Hall–Kier alpha value is -2.00. The van der Waals surface area contributed by atoms with Gasteiger partial charge in [0.15, 0.2) is 0 Å². The van der Waals surface area contributed by atoms with Gasteiger partial charge in [0.25, 0.3) is 0 Å². The molecule has 1 aliphatic rings. The van der Waals surface area contributed by atoms with E-state index in [0.29, 0.717) is 18.0 Å². The Kier molecular flexibility index (Phi) is 4.81. The minimum Gasteiger partial charge on any atom is -0.383 e. The van der Waals surface area contributed by atoms with Gasteiger partial charge in [-0.25, -0.2) is 0 Å². The topological polar surface area (TPSA) is 32.3 Å². The van der Waals surface area contributed by atoms with Crippen LogP contribution in [0.3, 0.4) is 0 Å². The van der Waals surface area contributed by atoms with Crippen molar-refractivity contribution < 1.29 is 4.79 Å².